The summed E-state index contributed by atoms with van der Waals surface area (Å²) in [4.78, 5) is 12.4. The fourth-order valence-corrected chi connectivity index (χ4v) is 3.98. The molecule has 1 saturated heterocycles. The average Bonchev–Trinajstić information content (AvgIpc) is 3.29. The van der Waals surface area contributed by atoms with Crippen molar-refractivity contribution in [2.75, 3.05) is 17.7 Å². The molecule has 0 aliphatic carbocycles. The van der Waals surface area contributed by atoms with Gasteiger partial charge in [-0.1, -0.05) is 30.8 Å². The smallest absolute Gasteiger partial charge is 0.234 e. The van der Waals surface area contributed by atoms with Gasteiger partial charge in [-0.2, -0.15) is 0 Å². The van der Waals surface area contributed by atoms with Gasteiger partial charge in [0.05, 0.1) is 18.4 Å². The molecule has 2 aromatic rings. The van der Waals surface area contributed by atoms with E-state index in [1.807, 2.05) is 32.0 Å². The van der Waals surface area contributed by atoms with E-state index < -0.39 is 0 Å². The van der Waals surface area contributed by atoms with Gasteiger partial charge in [0, 0.05) is 18.7 Å². The summed E-state index contributed by atoms with van der Waals surface area (Å²) in [7, 11) is 0. The Balaban J connectivity index is 1.64. The highest BCUT2D eigenvalue weighted by Crippen LogP contribution is 2.23. The third kappa shape index (κ3) is 5.11. The van der Waals surface area contributed by atoms with Crippen LogP contribution in [0.15, 0.2) is 23.4 Å². The molecule has 0 saturated carbocycles. The highest BCUT2D eigenvalue weighted by atomic mass is 32.2. The van der Waals surface area contributed by atoms with E-state index in [1.54, 1.807) is 0 Å². The Hall–Kier alpha value is -1.86. The van der Waals surface area contributed by atoms with Crippen molar-refractivity contribution in [2.45, 2.75) is 64.3 Å². The quantitative estimate of drug-likeness (QED) is 0.698. The maximum Gasteiger partial charge on any atom is 0.234 e. The molecule has 1 fully saturated rings. The molecule has 146 valence electrons. The SMILES string of the molecule is CCCc1nnc(SCC(=O)Nc2cccc(C)c2C)n1CC1CCCO1. The summed E-state index contributed by atoms with van der Waals surface area (Å²) in [5, 5.41) is 12.5. The zero-order valence-corrected chi connectivity index (χ0v) is 17.1. The first-order valence-corrected chi connectivity index (χ1v) is 10.6. The Labute approximate surface area is 165 Å². The molecule has 1 N–H and O–H groups in total. The number of anilines is 1. The van der Waals surface area contributed by atoms with Crippen molar-refractivity contribution in [3.05, 3.63) is 35.2 Å². The van der Waals surface area contributed by atoms with E-state index in [-0.39, 0.29) is 12.0 Å². The predicted molar refractivity (Wildman–Crippen MR) is 108 cm³/mol. The molecular formula is C20H28N4O2S. The Morgan fingerprint density at radius 2 is 2.22 bits per heavy atom. The van der Waals surface area contributed by atoms with Crippen LogP contribution < -0.4 is 5.32 Å². The van der Waals surface area contributed by atoms with Crippen molar-refractivity contribution < 1.29 is 9.53 Å². The van der Waals surface area contributed by atoms with Crippen LogP contribution in [0.4, 0.5) is 5.69 Å². The second-order valence-electron chi connectivity index (χ2n) is 6.98. The highest BCUT2D eigenvalue weighted by Gasteiger charge is 2.21. The first kappa shape index (κ1) is 19.9. The van der Waals surface area contributed by atoms with Gasteiger partial charge in [0.25, 0.3) is 0 Å². The molecule has 1 amide bonds. The van der Waals surface area contributed by atoms with Gasteiger partial charge in [0.15, 0.2) is 5.16 Å². The molecule has 0 bridgehead atoms. The predicted octanol–water partition coefficient (Wildman–Crippen LogP) is 3.76. The van der Waals surface area contributed by atoms with Gasteiger partial charge in [-0.15, -0.1) is 10.2 Å². The molecule has 27 heavy (non-hydrogen) atoms. The van der Waals surface area contributed by atoms with Gasteiger partial charge in [-0.05, 0) is 50.3 Å². The zero-order valence-electron chi connectivity index (χ0n) is 16.3. The largest absolute Gasteiger partial charge is 0.376 e. The van der Waals surface area contributed by atoms with Crippen LogP contribution in [0.2, 0.25) is 0 Å². The molecular weight excluding hydrogens is 360 g/mol. The van der Waals surface area contributed by atoms with Gasteiger partial charge >= 0.3 is 0 Å². The normalized spacial score (nSPS) is 16.6. The number of hydrogen-bond donors (Lipinski definition) is 1. The fraction of sp³-hybridized carbons (Fsp3) is 0.550. The van der Waals surface area contributed by atoms with Crippen LogP contribution in [-0.2, 0) is 22.5 Å². The number of aromatic nitrogens is 3. The lowest BCUT2D eigenvalue weighted by molar-refractivity contribution is -0.113. The number of ether oxygens (including phenoxy) is 1. The summed E-state index contributed by atoms with van der Waals surface area (Å²) < 4.78 is 7.91. The number of hydrogen-bond acceptors (Lipinski definition) is 5. The second kappa shape index (κ2) is 9.37. The summed E-state index contributed by atoms with van der Waals surface area (Å²) >= 11 is 1.44. The molecule has 0 spiro atoms. The van der Waals surface area contributed by atoms with Gasteiger partial charge in [0.2, 0.25) is 5.91 Å². The molecule has 0 radical (unpaired) electrons. The van der Waals surface area contributed by atoms with E-state index in [0.717, 1.165) is 61.1 Å². The number of nitrogens with zero attached hydrogens (tertiary/aromatic N) is 3. The van der Waals surface area contributed by atoms with Crippen LogP contribution in [-0.4, -0.2) is 39.1 Å². The average molecular weight is 389 g/mol. The number of aryl methyl sites for hydroxylation is 2. The number of thioether (sulfide) groups is 1. The summed E-state index contributed by atoms with van der Waals surface area (Å²) in [6, 6.07) is 5.94. The molecule has 2 heterocycles. The Morgan fingerprint density at radius 3 is 2.96 bits per heavy atom. The number of nitrogens with one attached hydrogen (secondary N) is 1. The van der Waals surface area contributed by atoms with Crippen molar-refractivity contribution in [3.63, 3.8) is 0 Å². The molecule has 3 rings (SSSR count). The lowest BCUT2D eigenvalue weighted by atomic mass is 10.1. The molecule has 1 aromatic heterocycles. The summed E-state index contributed by atoms with van der Waals surface area (Å²) in [5.41, 5.74) is 3.14. The standard InChI is InChI=1S/C20H28N4O2S/c1-4-7-18-22-23-20(24(18)12-16-9-6-11-26-16)27-13-19(25)21-17-10-5-8-14(2)15(17)3/h5,8,10,16H,4,6-7,9,11-13H2,1-3H3,(H,21,25). The Kier molecular flexibility index (Phi) is 6.90. The molecule has 7 heteroatoms. The minimum atomic E-state index is -0.0302. The van der Waals surface area contributed by atoms with Crippen LogP contribution >= 0.6 is 11.8 Å². The van der Waals surface area contributed by atoms with Crippen molar-refractivity contribution in [3.8, 4) is 0 Å². The molecule has 1 atom stereocenters. The van der Waals surface area contributed by atoms with Crippen molar-refractivity contribution in [2.24, 2.45) is 0 Å². The fourth-order valence-electron chi connectivity index (χ4n) is 3.21. The van der Waals surface area contributed by atoms with E-state index in [0.29, 0.717) is 5.75 Å². The summed E-state index contributed by atoms with van der Waals surface area (Å²) in [6.45, 7) is 7.80. The van der Waals surface area contributed by atoms with Gasteiger partial charge in [-0.25, -0.2) is 0 Å². The molecule has 1 unspecified atom stereocenters. The van der Waals surface area contributed by atoms with E-state index >= 15 is 0 Å². The monoisotopic (exact) mass is 388 g/mol. The first-order valence-electron chi connectivity index (χ1n) is 9.61. The van der Waals surface area contributed by atoms with Crippen molar-refractivity contribution in [1.82, 2.24) is 14.8 Å². The molecule has 6 nitrogen and oxygen atoms in total. The van der Waals surface area contributed by atoms with Crippen LogP contribution in [0.25, 0.3) is 0 Å². The number of benzene rings is 1. The van der Waals surface area contributed by atoms with Gasteiger partial charge < -0.3 is 14.6 Å². The van der Waals surface area contributed by atoms with E-state index in [4.69, 9.17) is 4.74 Å². The van der Waals surface area contributed by atoms with Crippen molar-refractivity contribution in [1.29, 1.82) is 0 Å². The van der Waals surface area contributed by atoms with Crippen LogP contribution in [0.5, 0.6) is 0 Å². The Morgan fingerprint density at radius 1 is 1.37 bits per heavy atom. The summed E-state index contributed by atoms with van der Waals surface area (Å²) in [5.74, 6) is 1.26. The number of rotatable bonds is 8. The van der Waals surface area contributed by atoms with Crippen LogP contribution in [0, 0.1) is 13.8 Å². The van der Waals surface area contributed by atoms with Crippen molar-refractivity contribution >= 4 is 23.4 Å². The maximum atomic E-state index is 12.4. The van der Waals surface area contributed by atoms with E-state index in [1.165, 1.54) is 17.3 Å². The number of carbonyl (C=O) groups is 1. The second-order valence-corrected chi connectivity index (χ2v) is 7.92. The third-order valence-corrected chi connectivity index (χ3v) is 5.86. The number of carbonyl (C=O) groups excluding carboxylic acids is 1. The lowest BCUT2D eigenvalue weighted by Gasteiger charge is -2.14. The van der Waals surface area contributed by atoms with Crippen LogP contribution in [0.1, 0.15) is 43.1 Å². The lowest BCUT2D eigenvalue weighted by Crippen LogP contribution is -2.19. The zero-order chi connectivity index (χ0) is 19.2. The minimum Gasteiger partial charge on any atom is -0.376 e. The van der Waals surface area contributed by atoms with Crippen LogP contribution in [0.3, 0.4) is 0 Å². The van der Waals surface area contributed by atoms with Gasteiger partial charge in [0.1, 0.15) is 5.82 Å². The highest BCUT2D eigenvalue weighted by molar-refractivity contribution is 7.99. The minimum absolute atomic E-state index is 0.0302. The summed E-state index contributed by atoms with van der Waals surface area (Å²) in [6.07, 6.45) is 4.30. The third-order valence-electron chi connectivity index (χ3n) is 4.89. The van der Waals surface area contributed by atoms with E-state index in [9.17, 15) is 4.79 Å². The maximum absolute atomic E-state index is 12.4. The van der Waals surface area contributed by atoms with E-state index in [2.05, 4.69) is 27.0 Å². The van der Waals surface area contributed by atoms with Gasteiger partial charge in [-0.3, -0.25) is 4.79 Å². The topological polar surface area (TPSA) is 69.0 Å². The number of amides is 1. The first-order chi connectivity index (χ1) is 13.1. The molecule has 1 aromatic carbocycles. The molecule has 1 aliphatic heterocycles. The Bertz CT molecular complexity index is 784. The molecule has 1 aliphatic rings.